The summed E-state index contributed by atoms with van der Waals surface area (Å²) in [7, 11) is 0. The van der Waals surface area contributed by atoms with Crippen LogP contribution < -0.4 is 5.90 Å². The van der Waals surface area contributed by atoms with Crippen LogP contribution in [-0.4, -0.2) is 0 Å². The number of hydrogen-bond donors (Lipinski definition) is 1. The molecule has 14 heavy (non-hydrogen) atoms. The average molecular weight is 209 g/mol. The highest BCUT2D eigenvalue weighted by molar-refractivity contribution is 5.23. The van der Waals surface area contributed by atoms with E-state index in [4.69, 9.17) is 5.90 Å². The van der Waals surface area contributed by atoms with Crippen LogP contribution in [0.15, 0.2) is 6.07 Å². The molecule has 0 fully saturated rings. The molecule has 0 saturated heterocycles. The number of halogens is 4. The minimum absolute atomic E-state index is 0.469. The second-order valence-electron chi connectivity index (χ2n) is 2.67. The lowest BCUT2D eigenvalue weighted by Gasteiger charge is -2.10. The second kappa shape index (κ2) is 3.93. The smallest absolute Gasteiger partial charge is 0.197 e. The Morgan fingerprint density at radius 2 is 1.71 bits per heavy atom. The van der Waals surface area contributed by atoms with Gasteiger partial charge >= 0.3 is 0 Å². The molecular weight excluding hydrogens is 202 g/mol. The van der Waals surface area contributed by atoms with Gasteiger partial charge in [0.2, 0.25) is 0 Å². The van der Waals surface area contributed by atoms with Crippen molar-refractivity contribution >= 4 is 0 Å². The minimum Gasteiger partial charge on any atom is -0.297 e. The molecule has 1 rings (SSSR count). The number of benzene rings is 1. The van der Waals surface area contributed by atoms with Gasteiger partial charge in [-0.1, -0.05) is 0 Å². The molecule has 0 aliphatic rings. The van der Waals surface area contributed by atoms with E-state index in [1.54, 1.807) is 0 Å². The van der Waals surface area contributed by atoms with Gasteiger partial charge in [0.1, 0.15) is 6.10 Å². The Bertz CT molecular complexity index is 356. The maximum atomic E-state index is 13.0. The third-order valence-corrected chi connectivity index (χ3v) is 1.77. The van der Waals surface area contributed by atoms with Crippen LogP contribution in [0.1, 0.15) is 18.6 Å². The Morgan fingerprint density at radius 1 is 1.14 bits per heavy atom. The molecule has 0 aliphatic heterocycles. The third-order valence-electron chi connectivity index (χ3n) is 1.77. The van der Waals surface area contributed by atoms with Gasteiger partial charge in [0.15, 0.2) is 23.3 Å². The van der Waals surface area contributed by atoms with Crippen LogP contribution in [0.5, 0.6) is 0 Å². The average Bonchev–Trinajstić information content (AvgIpc) is 2.19. The van der Waals surface area contributed by atoms with Gasteiger partial charge in [0.05, 0.1) is 0 Å². The van der Waals surface area contributed by atoms with Crippen molar-refractivity contribution in [2.75, 3.05) is 0 Å². The van der Waals surface area contributed by atoms with Crippen LogP contribution in [0, 0.1) is 23.3 Å². The Labute approximate surface area is 77.2 Å². The van der Waals surface area contributed by atoms with E-state index in [0.29, 0.717) is 6.07 Å². The zero-order valence-electron chi connectivity index (χ0n) is 7.15. The van der Waals surface area contributed by atoms with Crippen molar-refractivity contribution in [1.29, 1.82) is 0 Å². The molecule has 1 aromatic carbocycles. The van der Waals surface area contributed by atoms with Crippen LogP contribution in [0.2, 0.25) is 0 Å². The first-order valence-corrected chi connectivity index (χ1v) is 3.67. The number of hydrogen-bond acceptors (Lipinski definition) is 2. The van der Waals surface area contributed by atoms with E-state index in [1.165, 1.54) is 6.92 Å². The number of rotatable bonds is 2. The van der Waals surface area contributed by atoms with E-state index in [-0.39, 0.29) is 0 Å². The molecule has 0 aliphatic carbocycles. The first-order valence-electron chi connectivity index (χ1n) is 3.67. The van der Waals surface area contributed by atoms with Crippen molar-refractivity contribution in [3.05, 3.63) is 34.9 Å². The Morgan fingerprint density at radius 3 is 2.21 bits per heavy atom. The van der Waals surface area contributed by atoms with E-state index in [2.05, 4.69) is 4.84 Å². The van der Waals surface area contributed by atoms with Crippen molar-refractivity contribution in [2.24, 2.45) is 5.90 Å². The summed E-state index contributed by atoms with van der Waals surface area (Å²) in [5.41, 5.74) is -0.469. The molecular formula is C8H7F4NO. The molecule has 2 nitrogen and oxygen atoms in total. The normalized spacial score (nSPS) is 13.0. The van der Waals surface area contributed by atoms with Gasteiger partial charge in [-0.2, -0.15) is 0 Å². The monoisotopic (exact) mass is 209 g/mol. The molecule has 2 N–H and O–H groups in total. The summed E-state index contributed by atoms with van der Waals surface area (Å²) in [6, 6.07) is 0.505. The molecule has 0 aromatic heterocycles. The van der Waals surface area contributed by atoms with Crippen LogP contribution >= 0.6 is 0 Å². The Balaban J connectivity index is 3.33. The van der Waals surface area contributed by atoms with Crippen LogP contribution in [0.4, 0.5) is 17.6 Å². The van der Waals surface area contributed by atoms with E-state index < -0.39 is 34.9 Å². The predicted octanol–water partition coefficient (Wildman–Crippen LogP) is 2.19. The summed E-state index contributed by atoms with van der Waals surface area (Å²) in [4.78, 5) is 4.17. The predicted molar refractivity (Wildman–Crippen MR) is 40.0 cm³/mol. The lowest BCUT2D eigenvalue weighted by atomic mass is 10.1. The summed E-state index contributed by atoms with van der Waals surface area (Å²) in [5, 5.41) is 0. The van der Waals surface area contributed by atoms with Gasteiger partial charge in [0.25, 0.3) is 0 Å². The van der Waals surface area contributed by atoms with Gasteiger partial charge in [-0.15, -0.1) is 0 Å². The zero-order chi connectivity index (χ0) is 10.9. The van der Waals surface area contributed by atoms with Gasteiger partial charge in [0, 0.05) is 5.56 Å². The van der Waals surface area contributed by atoms with Gasteiger partial charge in [-0.05, 0) is 13.0 Å². The molecule has 0 saturated carbocycles. The molecule has 1 aromatic rings. The zero-order valence-corrected chi connectivity index (χ0v) is 7.15. The van der Waals surface area contributed by atoms with Crippen molar-refractivity contribution in [2.45, 2.75) is 13.0 Å². The van der Waals surface area contributed by atoms with Crippen LogP contribution in [0.25, 0.3) is 0 Å². The van der Waals surface area contributed by atoms with Gasteiger partial charge in [-0.25, -0.2) is 23.5 Å². The molecule has 1 atom stereocenters. The topological polar surface area (TPSA) is 35.2 Å². The molecule has 0 heterocycles. The molecule has 0 radical (unpaired) electrons. The fourth-order valence-corrected chi connectivity index (χ4v) is 0.960. The fourth-order valence-electron chi connectivity index (χ4n) is 0.960. The van der Waals surface area contributed by atoms with E-state index in [0.717, 1.165) is 0 Å². The summed E-state index contributed by atoms with van der Waals surface area (Å²) in [6.45, 7) is 1.27. The Kier molecular flexibility index (Phi) is 3.07. The highest BCUT2D eigenvalue weighted by atomic mass is 19.2. The van der Waals surface area contributed by atoms with Crippen molar-refractivity contribution in [3.63, 3.8) is 0 Å². The minimum atomic E-state index is -1.87. The van der Waals surface area contributed by atoms with Crippen molar-refractivity contribution < 1.29 is 22.4 Å². The quantitative estimate of drug-likeness (QED) is 0.350. The number of nitrogens with two attached hydrogens (primary N) is 1. The highest BCUT2D eigenvalue weighted by Gasteiger charge is 2.21. The molecule has 0 bridgehead atoms. The third kappa shape index (κ3) is 1.71. The summed E-state index contributed by atoms with van der Waals surface area (Å²) in [5.74, 6) is -2.00. The maximum absolute atomic E-state index is 13.0. The molecule has 1 unspecified atom stereocenters. The summed E-state index contributed by atoms with van der Waals surface area (Å²) >= 11 is 0. The first kappa shape index (κ1) is 10.9. The van der Waals surface area contributed by atoms with Gasteiger partial charge < -0.3 is 0 Å². The van der Waals surface area contributed by atoms with Crippen molar-refractivity contribution in [1.82, 2.24) is 0 Å². The first-order chi connectivity index (χ1) is 6.49. The molecule has 0 amide bonds. The second-order valence-corrected chi connectivity index (χ2v) is 2.67. The van der Waals surface area contributed by atoms with Crippen molar-refractivity contribution in [3.8, 4) is 0 Å². The SMILES string of the molecule is CC(ON)c1cc(F)c(F)c(F)c1F. The maximum Gasteiger partial charge on any atom is 0.197 e. The lowest BCUT2D eigenvalue weighted by molar-refractivity contribution is 0.0628. The van der Waals surface area contributed by atoms with Gasteiger partial charge in [-0.3, -0.25) is 4.84 Å². The highest BCUT2D eigenvalue weighted by Crippen LogP contribution is 2.24. The van der Waals surface area contributed by atoms with E-state index in [1.807, 2.05) is 0 Å². The molecule has 0 spiro atoms. The van der Waals surface area contributed by atoms with E-state index in [9.17, 15) is 17.6 Å². The lowest BCUT2D eigenvalue weighted by Crippen LogP contribution is -2.10. The summed E-state index contributed by atoms with van der Waals surface area (Å²) < 4.78 is 50.7. The van der Waals surface area contributed by atoms with Crippen LogP contribution in [0.3, 0.4) is 0 Å². The fraction of sp³-hybridized carbons (Fsp3) is 0.250. The summed E-state index contributed by atoms with van der Waals surface area (Å²) in [6.07, 6.45) is -1.06. The van der Waals surface area contributed by atoms with Crippen LogP contribution in [-0.2, 0) is 4.84 Å². The molecule has 78 valence electrons. The van der Waals surface area contributed by atoms with E-state index >= 15 is 0 Å². The molecule has 6 heteroatoms. The largest absolute Gasteiger partial charge is 0.297 e. The standard InChI is InChI=1S/C8H7F4NO/c1-3(14-13)4-2-5(9)7(11)8(12)6(4)10/h2-3H,13H2,1H3. The Hall–Kier alpha value is -1.14.